The first-order chi connectivity index (χ1) is 11.6. The van der Waals surface area contributed by atoms with E-state index >= 15 is 0 Å². The fraction of sp³-hybridized carbons (Fsp3) is 0.400. The zero-order valence-corrected chi connectivity index (χ0v) is 14.0. The van der Waals surface area contributed by atoms with Gasteiger partial charge >= 0.3 is 0 Å². The van der Waals surface area contributed by atoms with Crippen molar-refractivity contribution in [3.05, 3.63) is 65.2 Å². The number of hydrogen-bond acceptors (Lipinski definition) is 2. The first-order valence-electron chi connectivity index (χ1n) is 8.49. The Labute approximate surface area is 142 Å². The smallest absolute Gasteiger partial charge is 0.129 e. The molecule has 0 N–H and O–H groups in total. The van der Waals surface area contributed by atoms with Crippen molar-refractivity contribution in [1.29, 1.82) is 0 Å². The van der Waals surface area contributed by atoms with Crippen molar-refractivity contribution >= 4 is 5.69 Å². The van der Waals surface area contributed by atoms with Crippen LogP contribution in [-0.4, -0.2) is 25.8 Å². The lowest BCUT2D eigenvalue weighted by Gasteiger charge is -2.28. The summed E-state index contributed by atoms with van der Waals surface area (Å²) in [5.41, 5.74) is 2.86. The lowest BCUT2D eigenvalue weighted by Crippen LogP contribution is -2.34. The van der Waals surface area contributed by atoms with Crippen LogP contribution in [0, 0.1) is 18.6 Å². The van der Waals surface area contributed by atoms with Gasteiger partial charge in [0.15, 0.2) is 0 Å². The second kappa shape index (κ2) is 7.75. The highest BCUT2D eigenvalue weighted by molar-refractivity contribution is 5.48. The van der Waals surface area contributed by atoms with Crippen molar-refractivity contribution in [2.24, 2.45) is 0 Å². The Morgan fingerprint density at radius 3 is 2.58 bits per heavy atom. The number of nitrogens with zero attached hydrogens (tertiary/aromatic N) is 1. The van der Waals surface area contributed by atoms with E-state index in [1.807, 2.05) is 0 Å². The summed E-state index contributed by atoms with van der Waals surface area (Å²) in [4.78, 5) is 2.23. The number of anilines is 1. The highest BCUT2D eigenvalue weighted by Crippen LogP contribution is 2.21. The molecule has 2 nitrogen and oxygen atoms in total. The van der Waals surface area contributed by atoms with Crippen molar-refractivity contribution in [1.82, 2.24) is 0 Å². The van der Waals surface area contributed by atoms with Crippen LogP contribution in [0.2, 0.25) is 0 Å². The Morgan fingerprint density at radius 2 is 1.92 bits per heavy atom. The maximum Gasteiger partial charge on any atom is 0.129 e. The van der Waals surface area contributed by atoms with Gasteiger partial charge in [0.25, 0.3) is 0 Å². The molecule has 1 unspecified atom stereocenters. The molecular formula is C20H23F2NO. The Balaban J connectivity index is 1.72. The lowest BCUT2D eigenvalue weighted by atomic mass is 10.1. The molecule has 24 heavy (non-hydrogen) atoms. The molecule has 0 aliphatic carbocycles. The zero-order chi connectivity index (χ0) is 16.9. The summed E-state index contributed by atoms with van der Waals surface area (Å²) in [6.45, 7) is 4.35. The van der Waals surface area contributed by atoms with E-state index in [-0.39, 0.29) is 6.10 Å². The average Bonchev–Trinajstić information content (AvgIpc) is 3.07. The van der Waals surface area contributed by atoms with Crippen LogP contribution >= 0.6 is 0 Å². The normalized spacial score (nSPS) is 17.2. The lowest BCUT2D eigenvalue weighted by molar-refractivity contribution is 0.115. The van der Waals surface area contributed by atoms with Crippen LogP contribution in [0.15, 0.2) is 42.5 Å². The van der Waals surface area contributed by atoms with Crippen molar-refractivity contribution in [2.45, 2.75) is 32.3 Å². The molecule has 0 amide bonds. The Morgan fingerprint density at radius 1 is 1.12 bits per heavy atom. The van der Waals surface area contributed by atoms with Gasteiger partial charge in [-0.2, -0.15) is 0 Å². The Kier molecular flexibility index (Phi) is 5.46. The topological polar surface area (TPSA) is 12.5 Å². The molecule has 2 aromatic rings. The summed E-state index contributed by atoms with van der Waals surface area (Å²) in [6, 6.07) is 12.1. The van der Waals surface area contributed by atoms with E-state index in [2.05, 4.69) is 36.1 Å². The van der Waals surface area contributed by atoms with E-state index in [1.165, 1.54) is 17.7 Å². The van der Waals surface area contributed by atoms with Gasteiger partial charge in [-0.05, 0) is 49.9 Å². The zero-order valence-electron chi connectivity index (χ0n) is 14.0. The van der Waals surface area contributed by atoms with Crippen molar-refractivity contribution < 1.29 is 13.5 Å². The van der Waals surface area contributed by atoms with Gasteiger partial charge in [-0.15, -0.1) is 0 Å². The highest BCUT2D eigenvalue weighted by atomic mass is 19.1. The quantitative estimate of drug-likeness (QED) is 0.773. The number of ether oxygens (including phenoxy) is 1. The molecule has 1 fully saturated rings. The molecule has 0 saturated carbocycles. The predicted molar refractivity (Wildman–Crippen MR) is 92.4 cm³/mol. The number of benzene rings is 2. The summed E-state index contributed by atoms with van der Waals surface area (Å²) in [7, 11) is 0. The molecule has 1 aliphatic heterocycles. The van der Waals surface area contributed by atoms with Crippen molar-refractivity contribution in [3.63, 3.8) is 0 Å². The minimum absolute atomic E-state index is 0.226. The molecular weight excluding hydrogens is 308 g/mol. The summed E-state index contributed by atoms with van der Waals surface area (Å²) in [5.74, 6) is -1.01. The molecule has 3 rings (SSSR count). The summed E-state index contributed by atoms with van der Waals surface area (Å²) in [5, 5.41) is 0. The number of halogens is 2. The van der Waals surface area contributed by atoms with Gasteiger partial charge in [0.05, 0.1) is 6.10 Å². The standard InChI is InChI=1S/C20H23F2NO/c1-15-4-8-18(9-5-15)23(14-19-3-2-12-24-19)11-10-16-6-7-17(21)13-20(16)22/h4-9,13,19H,2-3,10-12,14H2,1H3. The number of hydrogen-bond donors (Lipinski definition) is 0. The molecule has 0 spiro atoms. The molecule has 1 aliphatic rings. The van der Waals surface area contributed by atoms with Gasteiger partial charge in [0.2, 0.25) is 0 Å². The van der Waals surface area contributed by atoms with E-state index in [1.54, 1.807) is 0 Å². The average molecular weight is 331 g/mol. The molecule has 1 heterocycles. The third-order valence-electron chi connectivity index (χ3n) is 4.51. The monoisotopic (exact) mass is 331 g/mol. The summed E-state index contributed by atoms with van der Waals surface area (Å²) < 4.78 is 32.7. The highest BCUT2D eigenvalue weighted by Gasteiger charge is 2.20. The van der Waals surface area contributed by atoms with E-state index < -0.39 is 11.6 Å². The largest absolute Gasteiger partial charge is 0.376 e. The van der Waals surface area contributed by atoms with Gasteiger partial charge in [-0.25, -0.2) is 8.78 Å². The predicted octanol–water partition coefficient (Wildman–Crippen LogP) is 4.50. The molecule has 0 aromatic heterocycles. The van der Waals surface area contributed by atoms with Crippen LogP contribution in [0.5, 0.6) is 0 Å². The van der Waals surface area contributed by atoms with Crippen LogP contribution in [0.1, 0.15) is 24.0 Å². The third-order valence-corrected chi connectivity index (χ3v) is 4.51. The molecule has 2 aromatic carbocycles. The molecule has 1 atom stereocenters. The van der Waals surface area contributed by atoms with Gasteiger partial charge in [0.1, 0.15) is 11.6 Å². The second-order valence-corrected chi connectivity index (χ2v) is 6.40. The van der Waals surface area contributed by atoms with E-state index in [0.29, 0.717) is 18.5 Å². The summed E-state index contributed by atoms with van der Waals surface area (Å²) in [6.07, 6.45) is 2.92. The molecule has 0 bridgehead atoms. The second-order valence-electron chi connectivity index (χ2n) is 6.40. The molecule has 0 radical (unpaired) electrons. The van der Waals surface area contributed by atoms with Crippen LogP contribution < -0.4 is 4.90 Å². The number of aryl methyl sites for hydroxylation is 1. The first kappa shape index (κ1) is 16.9. The minimum Gasteiger partial charge on any atom is -0.376 e. The maximum absolute atomic E-state index is 13.9. The first-order valence-corrected chi connectivity index (χ1v) is 8.49. The van der Waals surface area contributed by atoms with Gasteiger partial charge in [-0.3, -0.25) is 0 Å². The van der Waals surface area contributed by atoms with Crippen LogP contribution in [0.25, 0.3) is 0 Å². The fourth-order valence-corrected chi connectivity index (χ4v) is 3.10. The fourth-order valence-electron chi connectivity index (χ4n) is 3.10. The van der Waals surface area contributed by atoms with Crippen LogP contribution in [-0.2, 0) is 11.2 Å². The Hall–Kier alpha value is -1.94. The third kappa shape index (κ3) is 4.32. The maximum atomic E-state index is 13.9. The number of rotatable bonds is 6. The SMILES string of the molecule is Cc1ccc(N(CCc2ccc(F)cc2F)CC2CCCO2)cc1. The van der Waals surface area contributed by atoms with Crippen LogP contribution in [0.3, 0.4) is 0 Å². The summed E-state index contributed by atoms with van der Waals surface area (Å²) >= 11 is 0. The van der Waals surface area contributed by atoms with E-state index in [0.717, 1.165) is 37.7 Å². The van der Waals surface area contributed by atoms with Gasteiger partial charge in [-0.1, -0.05) is 23.8 Å². The Bertz CT molecular complexity index is 666. The van der Waals surface area contributed by atoms with Gasteiger partial charge in [0, 0.05) is 31.5 Å². The van der Waals surface area contributed by atoms with Gasteiger partial charge < -0.3 is 9.64 Å². The molecule has 128 valence electrons. The van der Waals surface area contributed by atoms with Crippen LogP contribution in [0.4, 0.5) is 14.5 Å². The molecule has 4 heteroatoms. The van der Waals surface area contributed by atoms with Crippen molar-refractivity contribution in [3.8, 4) is 0 Å². The molecule has 1 saturated heterocycles. The minimum atomic E-state index is -0.536. The van der Waals surface area contributed by atoms with E-state index in [9.17, 15) is 8.78 Å². The van der Waals surface area contributed by atoms with Crippen molar-refractivity contribution in [2.75, 3.05) is 24.6 Å². The van der Waals surface area contributed by atoms with E-state index in [4.69, 9.17) is 4.74 Å².